The number of unbranched alkanes of at least 4 members (excludes halogenated alkanes) is 13. The number of hydrogen-bond acceptors (Lipinski definition) is 14. The number of esters is 7. The fraction of sp³-hybridized carbons (Fsp3) is 0.788. The van der Waals surface area contributed by atoms with Crippen molar-refractivity contribution < 1.29 is 66.7 Å². The van der Waals surface area contributed by atoms with Gasteiger partial charge in [-0.1, -0.05) is 258 Å². The molecule has 0 aromatic rings. The Labute approximate surface area is 692 Å². The molecule has 0 saturated heterocycles. The first-order chi connectivity index (χ1) is 53.2. The molecule has 6 unspecified atom stereocenters. The monoisotopic (exact) mass is 1580 g/mol. The Hall–Kier alpha value is -5.53. The lowest BCUT2D eigenvalue weighted by atomic mass is 9.50. The van der Waals surface area contributed by atoms with Gasteiger partial charge >= 0.3 is 41.8 Å². The molecule has 0 aliphatic heterocycles. The third-order valence-electron chi connectivity index (χ3n) is 26.1. The molecule has 9 aliphatic rings. The molecule has 113 heavy (non-hydrogen) atoms. The van der Waals surface area contributed by atoms with Crippen LogP contribution in [0.5, 0.6) is 0 Å². The van der Waals surface area contributed by atoms with Crippen LogP contribution in [0.2, 0.25) is 0 Å². The second-order valence-electron chi connectivity index (χ2n) is 37.4. The van der Waals surface area contributed by atoms with Gasteiger partial charge in [-0.15, -0.1) is 0 Å². The summed E-state index contributed by atoms with van der Waals surface area (Å²) in [5, 5.41) is 0. The predicted molar refractivity (Wildman–Crippen MR) is 468 cm³/mol. The van der Waals surface area contributed by atoms with Crippen molar-refractivity contribution in [1.82, 2.24) is 0 Å². The molecule has 0 aromatic carbocycles. The molecule has 14 heteroatoms. The summed E-state index contributed by atoms with van der Waals surface area (Å²) in [6.45, 7) is 66.8. The Bertz CT molecular complexity index is 2840. The number of fused-ring (bicyclic) bond motifs is 5. The van der Waals surface area contributed by atoms with Gasteiger partial charge in [0.25, 0.3) is 0 Å². The van der Waals surface area contributed by atoms with Crippen LogP contribution in [0.15, 0.2) is 85.6 Å². The van der Waals surface area contributed by atoms with E-state index in [-0.39, 0.29) is 58.9 Å². The van der Waals surface area contributed by atoms with Crippen LogP contribution in [0.1, 0.15) is 382 Å². The first-order valence-electron chi connectivity index (χ1n) is 45.1. The average Bonchev–Trinajstić information content (AvgIpc) is 1.57. The van der Waals surface area contributed by atoms with Crippen LogP contribution in [0.25, 0.3) is 0 Å². The van der Waals surface area contributed by atoms with Crippen LogP contribution in [0.4, 0.5) is 0 Å². The molecular weight excluding hydrogens is 1410 g/mol. The zero-order valence-corrected chi connectivity index (χ0v) is 76.1. The minimum absolute atomic E-state index is 0.0884. The lowest BCUT2D eigenvalue weighted by Crippen LogP contribution is -2.48. The highest BCUT2D eigenvalue weighted by molar-refractivity contribution is 5.89. The highest BCUT2D eigenvalue weighted by atomic mass is 16.6. The van der Waals surface area contributed by atoms with Gasteiger partial charge in [0.1, 0.15) is 11.7 Å². The number of carbonyl (C=O) groups is 7. The average molecular weight is 1580 g/mol. The molecule has 14 nitrogen and oxygen atoms in total. The molecule has 0 spiro atoms. The lowest BCUT2D eigenvalue weighted by Gasteiger charge is -2.56. The van der Waals surface area contributed by atoms with E-state index in [9.17, 15) is 33.6 Å². The fourth-order valence-corrected chi connectivity index (χ4v) is 17.8. The van der Waals surface area contributed by atoms with Crippen molar-refractivity contribution in [2.24, 2.45) is 74.9 Å². The molecule has 9 fully saturated rings. The fourth-order valence-electron chi connectivity index (χ4n) is 17.8. The molecule has 0 amide bonds. The molecule has 0 aromatic heterocycles. The van der Waals surface area contributed by atoms with E-state index in [1.165, 1.54) is 192 Å². The smallest absolute Gasteiger partial charge is 0.333 e. The molecule has 9 rings (SSSR count). The zero-order valence-electron chi connectivity index (χ0n) is 76.1. The molecule has 9 aliphatic carbocycles. The van der Waals surface area contributed by atoms with Gasteiger partial charge in [-0.25, -0.2) is 33.6 Å². The predicted octanol–water partition coefficient (Wildman–Crippen LogP) is 26.5. The van der Waals surface area contributed by atoms with Crippen molar-refractivity contribution in [3.8, 4) is 0 Å². The van der Waals surface area contributed by atoms with Crippen molar-refractivity contribution in [2.45, 2.75) is 394 Å². The summed E-state index contributed by atoms with van der Waals surface area (Å²) < 4.78 is 37.2. The Morgan fingerprint density at radius 2 is 0.832 bits per heavy atom. The van der Waals surface area contributed by atoms with E-state index in [1.54, 1.807) is 41.5 Å². The summed E-state index contributed by atoms with van der Waals surface area (Å²) in [6, 6.07) is 0. The summed E-state index contributed by atoms with van der Waals surface area (Å²) in [4.78, 5) is 79.1. The number of carbonyl (C=O) groups excluding carboxylic acids is 7. The Morgan fingerprint density at radius 3 is 1.22 bits per heavy atom. The molecule has 650 valence electrons. The van der Waals surface area contributed by atoms with Crippen LogP contribution < -0.4 is 0 Å². The van der Waals surface area contributed by atoms with Gasteiger partial charge in [0.05, 0.1) is 33.0 Å². The largest absolute Gasteiger partial charge is 0.462 e. The quantitative estimate of drug-likeness (QED) is 0.0243. The van der Waals surface area contributed by atoms with Gasteiger partial charge in [-0.3, -0.25) is 0 Å². The molecule has 6 atom stereocenters. The van der Waals surface area contributed by atoms with Gasteiger partial charge in [-0.2, -0.15) is 0 Å². The van der Waals surface area contributed by atoms with E-state index in [0.717, 1.165) is 82.0 Å². The highest BCUT2D eigenvalue weighted by Crippen LogP contribution is 2.66. The van der Waals surface area contributed by atoms with Crippen LogP contribution in [0, 0.1) is 74.9 Å². The number of ether oxygens (including phenoxy) is 7. The van der Waals surface area contributed by atoms with Gasteiger partial charge in [0.15, 0.2) is 0 Å². The van der Waals surface area contributed by atoms with Crippen LogP contribution in [0.3, 0.4) is 0 Å². The van der Waals surface area contributed by atoms with E-state index in [2.05, 4.69) is 136 Å². The van der Waals surface area contributed by atoms with Gasteiger partial charge < -0.3 is 33.2 Å². The van der Waals surface area contributed by atoms with E-state index >= 15 is 0 Å². The maximum Gasteiger partial charge on any atom is 0.333 e. The number of rotatable bonds is 44. The van der Waals surface area contributed by atoms with Crippen molar-refractivity contribution >= 4 is 41.8 Å². The second-order valence-corrected chi connectivity index (χ2v) is 37.4. The third kappa shape index (κ3) is 40.5. The van der Waals surface area contributed by atoms with Crippen LogP contribution in [-0.2, 0) is 66.7 Å². The van der Waals surface area contributed by atoms with Gasteiger partial charge in [-0.05, 0) is 234 Å². The molecule has 8 bridgehead atoms. The SMILES string of the molecule is C=C(C)C(=O)OC12CCC(CCCCC)(CC1)CC2.C=C(C)C(=O)OC1CC2CCC1(C)C2(C)C.C=C(C)C(=O)OCC(CC)CCCC.C=C(C)C(=O)OCC(CCC(C)C)C(C)C.C=C(C)C(=O)OCC12CC3CC(CC(C3)C1)C2.C=C(C)C(=O)OCCCCCCCCCCCC.C=CC(=O)OCC(CC)CCCC. The molecule has 0 heterocycles. The van der Waals surface area contributed by atoms with Crippen molar-refractivity contribution in [3.05, 3.63) is 85.6 Å². The topological polar surface area (TPSA) is 184 Å². The lowest BCUT2D eigenvalue weighted by molar-refractivity contribution is -0.173. The third-order valence-corrected chi connectivity index (χ3v) is 26.1. The maximum absolute atomic E-state index is 11.8. The Kier molecular flexibility index (Phi) is 52.2. The normalized spacial score (nSPS) is 24.0. The van der Waals surface area contributed by atoms with Gasteiger partial charge in [0, 0.05) is 50.3 Å². The van der Waals surface area contributed by atoms with Crippen LogP contribution in [-0.4, -0.2) is 86.5 Å². The standard InChI is InChI=1S/C17H28O2.C16H30O2.C15H22O2.C14H22O2.C14H26O2.C12H22O2.C11H20O2/c1-4-5-6-7-16-8-11-17(12-9-16,13-10-16)19-15(18)14(2)3;1-4-5-6-7-8-9-10-11-12-13-14-18-16(17)15(2)3;1-10(2)14(16)17-9-15-6-11-3-12(7-15)5-13(4-11)8-15;1-9(2)12(15)16-11-8-10-6-7-14(11,5)13(10,3)4;1-10(2)7-8-13(11(3)4)9-16-14(15)12(5)6;1-5-7-8-11(6-2)9-14-12(13)10(3)4;1-4-7-8-10(5-2)9-13-11(12)6-3/h2,4-13H2,1,3H3;2,4-14H2,1,3H3;11-13H,1,3-9H2,2H3;10-11H,1,6-8H2,2-5H3;10-11,13H,5,7-9H2,1-4,6H3;11H,3,5-9H2,1-2,4H3;6,10H,3-5,7-9H2,1-2H3. The van der Waals surface area contributed by atoms with Crippen molar-refractivity contribution in [3.63, 3.8) is 0 Å². The summed E-state index contributed by atoms with van der Waals surface area (Å²) in [5.74, 6) is 4.49. The summed E-state index contributed by atoms with van der Waals surface area (Å²) in [7, 11) is 0. The summed E-state index contributed by atoms with van der Waals surface area (Å²) in [6.07, 6.45) is 49.9. The zero-order chi connectivity index (χ0) is 85.5. The van der Waals surface area contributed by atoms with E-state index in [0.29, 0.717) is 118 Å². The van der Waals surface area contributed by atoms with Crippen molar-refractivity contribution in [1.29, 1.82) is 0 Å². The molecule has 0 radical (unpaired) electrons. The van der Waals surface area contributed by atoms with Gasteiger partial charge in [0.2, 0.25) is 0 Å². The van der Waals surface area contributed by atoms with E-state index in [1.807, 2.05) is 0 Å². The van der Waals surface area contributed by atoms with E-state index in [4.69, 9.17) is 33.2 Å². The summed E-state index contributed by atoms with van der Waals surface area (Å²) >= 11 is 0. The Balaban J connectivity index is 0.000000662. The first-order valence-corrected chi connectivity index (χ1v) is 45.1. The number of hydrogen-bond donors (Lipinski definition) is 0. The maximum atomic E-state index is 11.8. The first kappa shape index (κ1) is 105. The minimum atomic E-state index is -0.310. The van der Waals surface area contributed by atoms with Crippen LogP contribution >= 0.6 is 0 Å². The molecular formula is C99H170O14. The summed E-state index contributed by atoms with van der Waals surface area (Å²) in [5.41, 5.74) is 4.22. The highest BCUT2D eigenvalue weighted by Gasteiger charge is 2.63. The second kappa shape index (κ2) is 56.0. The minimum Gasteiger partial charge on any atom is -0.462 e. The molecule has 0 N–H and O–H groups in total. The van der Waals surface area contributed by atoms with E-state index < -0.39 is 0 Å². The molecule has 9 saturated carbocycles. The van der Waals surface area contributed by atoms with Crippen molar-refractivity contribution in [2.75, 3.05) is 33.0 Å². The Morgan fingerprint density at radius 1 is 0.425 bits per heavy atom.